The van der Waals surface area contributed by atoms with Crippen molar-refractivity contribution in [3.05, 3.63) is 88.3 Å². The van der Waals surface area contributed by atoms with E-state index in [9.17, 15) is 9.18 Å². The van der Waals surface area contributed by atoms with Crippen LogP contribution in [0.2, 0.25) is 5.02 Å². The van der Waals surface area contributed by atoms with E-state index >= 15 is 0 Å². The SMILES string of the molecule is Cn1cc(-c2ccc3ncc4ccc(=O)n(-c5ccc(F)cc5Cl)c4c3c2)cn1. The van der Waals surface area contributed by atoms with Crippen molar-refractivity contribution in [1.29, 1.82) is 0 Å². The van der Waals surface area contributed by atoms with Gasteiger partial charge in [0.1, 0.15) is 5.82 Å². The molecule has 3 heterocycles. The summed E-state index contributed by atoms with van der Waals surface area (Å²) in [6.07, 6.45) is 5.42. The van der Waals surface area contributed by atoms with Gasteiger partial charge in [0.15, 0.2) is 0 Å². The Bertz CT molecular complexity index is 1470. The molecule has 0 spiro atoms. The molecule has 0 aliphatic rings. The highest BCUT2D eigenvalue weighted by Gasteiger charge is 2.14. The maximum atomic E-state index is 13.6. The van der Waals surface area contributed by atoms with Crippen LogP contribution < -0.4 is 5.56 Å². The van der Waals surface area contributed by atoms with E-state index in [2.05, 4.69) is 10.1 Å². The van der Waals surface area contributed by atoms with Gasteiger partial charge in [-0.3, -0.25) is 19.0 Å². The minimum absolute atomic E-state index is 0.160. The normalized spacial score (nSPS) is 11.4. The van der Waals surface area contributed by atoms with E-state index in [1.807, 2.05) is 31.4 Å². The van der Waals surface area contributed by atoms with Gasteiger partial charge in [-0.1, -0.05) is 17.7 Å². The van der Waals surface area contributed by atoms with E-state index in [-0.39, 0.29) is 10.6 Å². The minimum atomic E-state index is -0.461. The monoisotopic (exact) mass is 404 g/mol. The second-order valence-corrected chi connectivity index (χ2v) is 7.21. The molecule has 0 N–H and O–H groups in total. The van der Waals surface area contributed by atoms with Crippen molar-refractivity contribution >= 4 is 33.4 Å². The van der Waals surface area contributed by atoms with Gasteiger partial charge in [0.2, 0.25) is 0 Å². The second-order valence-electron chi connectivity index (χ2n) is 6.80. The quantitative estimate of drug-likeness (QED) is 0.399. The minimum Gasteiger partial charge on any atom is -0.275 e. The average molecular weight is 405 g/mol. The number of halogens is 2. The predicted octanol–water partition coefficient (Wildman–Crippen LogP) is 4.73. The van der Waals surface area contributed by atoms with Crippen molar-refractivity contribution < 1.29 is 4.39 Å². The Labute approximate surface area is 169 Å². The second kappa shape index (κ2) is 6.53. The molecular formula is C22H14ClFN4O. The molecule has 5 rings (SSSR count). The van der Waals surface area contributed by atoms with Gasteiger partial charge in [0.25, 0.3) is 5.56 Å². The van der Waals surface area contributed by atoms with E-state index < -0.39 is 5.82 Å². The molecule has 0 atom stereocenters. The third kappa shape index (κ3) is 2.89. The van der Waals surface area contributed by atoms with Gasteiger partial charge in [0.05, 0.1) is 27.9 Å². The summed E-state index contributed by atoms with van der Waals surface area (Å²) in [7, 11) is 1.86. The number of benzene rings is 2. The first kappa shape index (κ1) is 17.6. The molecule has 3 aromatic heterocycles. The van der Waals surface area contributed by atoms with Gasteiger partial charge in [-0.15, -0.1) is 0 Å². The van der Waals surface area contributed by atoms with Crippen LogP contribution in [0.15, 0.2) is 71.9 Å². The summed E-state index contributed by atoms with van der Waals surface area (Å²) in [6, 6.07) is 13.0. The molecule has 0 fully saturated rings. The van der Waals surface area contributed by atoms with E-state index in [4.69, 9.17) is 11.6 Å². The molecule has 142 valence electrons. The van der Waals surface area contributed by atoms with Crippen LogP contribution in [0.25, 0.3) is 38.6 Å². The van der Waals surface area contributed by atoms with E-state index in [1.165, 1.54) is 28.8 Å². The Morgan fingerprint density at radius 3 is 2.62 bits per heavy atom. The van der Waals surface area contributed by atoms with E-state index in [0.29, 0.717) is 11.2 Å². The highest BCUT2D eigenvalue weighted by molar-refractivity contribution is 6.32. The third-order valence-electron chi connectivity index (χ3n) is 4.91. The van der Waals surface area contributed by atoms with E-state index in [0.717, 1.165) is 27.4 Å². The zero-order valence-corrected chi connectivity index (χ0v) is 16.1. The van der Waals surface area contributed by atoms with Crippen molar-refractivity contribution in [2.45, 2.75) is 0 Å². The largest absolute Gasteiger partial charge is 0.275 e. The molecule has 7 heteroatoms. The summed E-state index contributed by atoms with van der Waals surface area (Å²) in [5.74, 6) is -0.461. The highest BCUT2D eigenvalue weighted by Crippen LogP contribution is 2.31. The summed E-state index contributed by atoms with van der Waals surface area (Å²) in [5, 5.41) is 5.96. The molecule has 0 saturated carbocycles. The van der Waals surface area contributed by atoms with Crippen molar-refractivity contribution in [2.24, 2.45) is 7.05 Å². The number of hydrogen-bond acceptors (Lipinski definition) is 3. The molecule has 0 amide bonds. The average Bonchev–Trinajstić information content (AvgIpc) is 3.14. The molecule has 0 aliphatic heterocycles. The van der Waals surface area contributed by atoms with Gasteiger partial charge < -0.3 is 0 Å². The molecule has 0 aliphatic carbocycles. The Hall–Kier alpha value is -3.51. The van der Waals surface area contributed by atoms with Crippen LogP contribution in [-0.2, 0) is 7.05 Å². The number of nitrogens with zero attached hydrogens (tertiary/aromatic N) is 4. The molecular weight excluding hydrogens is 391 g/mol. The molecule has 5 nitrogen and oxygen atoms in total. The zero-order chi connectivity index (χ0) is 20.1. The van der Waals surface area contributed by atoms with Crippen molar-refractivity contribution in [1.82, 2.24) is 19.3 Å². The highest BCUT2D eigenvalue weighted by atomic mass is 35.5. The number of rotatable bonds is 2. The summed E-state index contributed by atoms with van der Waals surface area (Å²) < 4.78 is 16.8. The van der Waals surface area contributed by atoms with Crippen LogP contribution >= 0.6 is 11.6 Å². The molecule has 29 heavy (non-hydrogen) atoms. The van der Waals surface area contributed by atoms with Crippen LogP contribution in [-0.4, -0.2) is 19.3 Å². The van der Waals surface area contributed by atoms with Crippen molar-refractivity contribution in [2.75, 3.05) is 0 Å². The lowest BCUT2D eigenvalue weighted by Gasteiger charge is -2.14. The molecule has 0 radical (unpaired) electrons. The predicted molar refractivity (Wildman–Crippen MR) is 112 cm³/mol. The molecule has 0 unspecified atom stereocenters. The number of pyridine rings is 2. The molecule has 0 bridgehead atoms. The third-order valence-corrected chi connectivity index (χ3v) is 5.21. The molecule has 0 saturated heterocycles. The van der Waals surface area contributed by atoms with Crippen LogP contribution in [0.3, 0.4) is 0 Å². The van der Waals surface area contributed by atoms with Gasteiger partial charge in [-0.25, -0.2) is 4.39 Å². The van der Waals surface area contributed by atoms with Gasteiger partial charge in [-0.2, -0.15) is 5.10 Å². The smallest absolute Gasteiger partial charge is 0.255 e. The van der Waals surface area contributed by atoms with Crippen LogP contribution in [0, 0.1) is 5.82 Å². The fourth-order valence-electron chi connectivity index (χ4n) is 3.56. The van der Waals surface area contributed by atoms with E-state index in [1.54, 1.807) is 23.1 Å². The lowest BCUT2D eigenvalue weighted by atomic mass is 10.0. The van der Waals surface area contributed by atoms with Crippen LogP contribution in [0.1, 0.15) is 0 Å². The first-order chi connectivity index (χ1) is 14.0. The maximum Gasteiger partial charge on any atom is 0.255 e. The first-order valence-electron chi connectivity index (χ1n) is 8.90. The first-order valence-corrected chi connectivity index (χ1v) is 9.28. The molecule has 2 aromatic carbocycles. The Balaban J connectivity index is 1.90. The summed E-state index contributed by atoms with van der Waals surface area (Å²) >= 11 is 6.29. The topological polar surface area (TPSA) is 52.7 Å². The Kier molecular flexibility index (Phi) is 3.96. The summed E-state index contributed by atoms with van der Waals surface area (Å²) in [5.41, 5.74) is 3.47. The zero-order valence-electron chi connectivity index (χ0n) is 15.3. The number of aryl methyl sites for hydroxylation is 1. The lowest BCUT2D eigenvalue weighted by molar-refractivity contribution is 0.627. The Morgan fingerprint density at radius 1 is 1.00 bits per heavy atom. The van der Waals surface area contributed by atoms with Crippen molar-refractivity contribution in [3.63, 3.8) is 0 Å². The number of fused-ring (bicyclic) bond motifs is 3. The summed E-state index contributed by atoms with van der Waals surface area (Å²) in [6.45, 7) is 0. The molecule has 5 aromatic rings. The Morgan fingerprint density at radius 2 is 1.86 bits per heavy atom. The lowest BCUT2D eigenvalue weighted by Crippen LogP contribution is -2.18. The van der Waals surface area contributed by atoms with Crippen LogP contribution in [0.4, 0.5) is 4.39 Å². The number of hydrogen-bond donors (Lipinski definition) is 0. The maximum absolute atomic E-state index is 13.6. The summed E-state index contributed by atoms with van der Waals surface area (Å²) in [4.78, 5) is 17.4. The fraction of sp³-hybridized carbons (Fsp3) is 0.0455. The van der Waals surface area contributed by atoms with Crippen molar-refractivity contribution in [3.8, 4) is 16.8 Å². The fourth-order valence-corrected chi connectivity index (χ4v) is 3.81. The van der Waals surface area contributed by atoms with Gasteiger partial charge in [0, 0.05) is 41.8 Å². The number of aromatic nitrogens is 4. The van der Waals surface area contributed by atoms with Crippen LogP contribution in [0.5, 0.6) is 0 Å². The van der Waals surface area contributed by atoms with Gasteiger partial charge in [-0.05, 0) is 42.0 Å². The standard InChI is InChI=1S/C22H14ClFN4O/c1-27-12-15(11-26-27)13-2-5-19-17(8-13)22-14(10-25-19)3-7-21(29)28(22)20-6-4-16(24)9-18(20)23/h2-12H,1H3. The van der Waals surface area contributed by atoms with Gasteiger partial charge >= 0.3 is 0 Å².